The van der Waals surface area contributed by atoms with E-state index in [-0.39, 0.29) is 11.9 Å². The van der Waals surface area contributed by atoms with Gasteiger partial charge < -0.3 is 10.2 Å². The Morgan fingerprint density at radius 3 is 3.20 bits per heavy atom. The molecule has 0 fully saturated rings. The van der Waals surface area contributed by atoms with Crippen LogP contribution in [0.2, 0.25) is 0 Å². The minimum Gasteiger partial charge on any atom is -0.354 e. The van der Waals surface area contributed by atoms with Gasteiger partial charge in [-0.25, -0.2) is 9.37 Å². The molecule has 3 rings (SSSR count). The molecule has 0 saturated carbocycles. The topological polar surface area (TPSA) is 41.1 Å². The Labute approximate surface area is 121 Å². The first-order chi connectivity index (χ1) is 9.70. The van der Waals surface area contributed by atoms with Gasteiger partial charge in [-0.3, -0.25) is 0 Å². The Morgan fingerprint density at radius 1 is 1.55 bits per heavy atom. The van der Waals surface area contributed by atoms with Crippen LogP contribution in [0.4, 0.5) is 16.2 Å². The van der Waals surface area contributed by atoms with Crippen molar-refractivity contribution in [3.63, 3.8) is 0 Å². The lowest BCUT2D eigenvalue weighted by atomic mass is 10.0. The molecule has 0 amide bonds. The van der Waals surface area contributed by atoms with Gasteiger partial charge in [-0.05, 0) is 37.3 Å². The van der Waals surface area contributed by atoms with E-state index in [1.54, 1.807) is 11.3 Å². The molecule has 20 heavy (non-hydrogen) atoms. The lowest BCUT2D eigenvalue weighted by Crippen LogP contribution is -2.34. The monoisotopic (exact) mass is 292 g/mol. The zero-order chi connectivity index (χ0) is 14.1. The van der Waals surface area contributed by atoms with E-state index in [0.717, 1.165) is 19.5 Å². The van der Waals surface area contributed by atoms with Crippen LogP contribution >= 0.6 is 11.3 Å². The molecule has 4 nitrogen and oxygen atoms in total. The van der Waals surface area contributed by atoms with Crippen molar-refractivity contribution in [3.05, 3.63) is 33.9 Å². The third kappa shape index (κ3) is 2.24. The molecule has 1 unspecified atom stereocenters. The van der Waals surface area contributed by atoms with E-state index in [1.807, 2.05) is 11.8 Å². The third-order valence-corrected chi connectivity index (χ3v) is 4.61. The van der Waals surface area contributed by atoms with E-state index >= 15 is 0 Å². The first kappa shape index (κ1) is 13.3. The number of halogens is 1. The van der Waals surface area contributed by atoms with E-state index in [0.29, 0.717) is 11.8 Å². The average molecular weight is 292 g/mol. The molecule has 2 aromatic heterocycles. The highest BCUT2D eigenvalue weighted by Crippen LogP contribution is 2.36. The van der Waals surface area contributed by atoms with Crippen LogP contribution in [-0.4, -0.2) is 23.1 Å². The normalized spacial score (nSPS) is 17.9. The molecule has 1 atom stereocenters. The van der Waals surface area contributed by atoms with Gasteiger partial charge >= 0.3 is 0 Å². The van der Waals surface area contributed by atoms with Crippen molar-refractivity contribution in [2.75, 3.05) is 23.3 Å². The smallest absolute Gasteiger partial charge is 0.224 e. The fraction of sp³-hybridized carbons (Fsp3) is 0.429. The van der Waals surface area contributed by atoms with E-state index < -0.39 is 0 Å². The highest BCUT2D eigenvalue weighted by molar-refractivity contribution is 7.10. The zero-order valence-corrected chi connectivity index (χ0v) is 12.4. The summed E-state index contributed by atoms with van der Waals surface area (Å²) in [5.41, 5.74) is 1.28. The molecule has 1 N–H and O–H groups in total. The summed E-state index contributed by atoms with van der Waals surface area (Å²) < 4.78 is 14.1. The lowest BCUT2D eigenvalue weighted by molar-refractivity contribution is 0.567. The van der Waals surface area contributed by atoms with Crippen LogP contribution in [0.1, 0.15) is 30.3 Å². The fourth-order valence-corrected chi connectivity index (χ4v) is 3.56. The Bertz CT molecular complexity index is 613. The summed E-state index contributed by atoms with van der Waals surface area (Å²) in [5, 5.41) is 5.13. The van der Waals surface area contributed by atoms with Gasteiger partial charge in [0, 0.05) is 18.0 Å². The van der Waals surface area contributed by atoms with Crippen molar-refractivity contribution in [3.8, 4) is 0 Å². The summed E-state index contributed by atoms with van der Waals surface area (Å²) in [5.74, 6) is 0.504. The number of fused-ring (bicyclic) bond motifs is 1. The summed E-state index contributed by atoms with van der Waals surface area (Å²) in [6.45, 7) is 5.57. The van der Waals surface area contributed by atoms with Gasteiger partial charge in [0.25, 0.3) is 0 Å². The molecule has 0 saturated heterocycles. The van der Waals surface area contributed by atoms with Crippen LogP contribution in [0.15, 0.2) is 17.6 Å². The number of hydrogen-bond acceptors (Lipinski definition) is 5. The molecule has 0 aromatic carbocycles. The minimum atomic E-state index is -0.364. The highest BCUT2D eigenvalue weighted by atomic mass is 32.1. The quantitative estimate of drug-likeness (QED) is 0.943. The predicted molar refractivity (Wildman–Crippen MR) is 79.9 cm³/mol. The first-order valence-electron chi connectivity index (χ1n) is 6.80. The Balaban J connectivity index is 1.95. The number of anilines is 2. The Hall–Kier alpha value is -1.69. The summed E-state index contributed by atoms with van der Waals surface area (Å²) in [6, 6.07) is 2.27. The van der Waals surface area contributed by atoms with E-state index in [9.17, 15) is 4.39 Å². The van der Waals surface area contributed by atoms with Crippen molar-refractivity contribution >= 4 is 23.1 Å². The number of rotatable bonds is 3. The third-order valence-electron chi connectivity index (χ3n) is 3.61. The molecule has 2 aromatic rings. The first-order valence-corrected chi connectivity index (χ1v) is 7.68. The van der Waals surface area contributed by atoms with Crippen LogP contribution in [-0.2, 0) is 6.42 Å². The number of hydrogen-bond donors (Lipinski definition) is 1. The summed E-state index contributed by atoms with van der Waals surface area (Å²) in [7, 11) is 0. The molecular weight excluding hydrogens is 275 g/mol. The molecule has 0 aliphatic carbocycles. The van der Waals surface area contributed by atoms with Crippen molar-refractivity contribution in [2.24, 2.45) is 0 Å². The van der Waals surface area contributed by atoms with Crippen molar-refractivity contribution in [1.82, 2.24) is 9.97 Å². The standard InChI is InChI=1S/C14H17FN4S/c1-3-16-14-17-8-11(15)13(18-14)19-6-4-12-10(9(19)2)5-7-20-12/h5,7-9H,3-4,6H2,1-2H3,(H,16,17,18). The maximum absolute atomic E-state index is 14.1. The largest absolute Gasteiger partial charge is 0.354 e. The van der Waals surface area contributed by atoms with Crippen LogP contribution in [0.5, 0.6) is 0 Å². The van der Waals surface area contributed by atoms with Gasteiger partial charge in [0.05, 0.1) is 12.2 Å². The summed E-state index contributed by atoms with van der Waals surface area (Å²) in [6.07, 6.45) is 2.19. The van der Waals surface area contributed by atoms with E-state index in [4.69, 9.17) is 0 Å². The second-order valence-corrected chi connectivity index (χ2v) is 5.81. The highest BCUT2D eigenvalue weighted by Gasteiger charge is 2.27. The molecule has 0 spiro atoms. The maximum atomic E-state index is 14.1. The number of nitrogens with zero attached hydrogens (tertiary/aromatic N) is 3. The molecule has 0 radical (unpaired) electrons. The van der Waals surface area contributed by atoms with Crippen molar-refractivity contribution < 1.29 is 4.39 Å². The number of aromatic nitrogens is 2. The Morgan fingerprint density at radius 2 is 2.40 bits per heavy atom. The molecule has 106 valence electrons. The van der Waals surface area contributed by atoms with Crippen LogP contribution in [0.3, 0.4) is 0 Å². The minimum absolute atomic E-state index is 0.142. The predicted octanol–water partition coefficient (Wildman–Crippen LogP) is 3.23. The van der Waals surface area contributed by atoms with Gasteiger partial charge in [0.15, 0.2) is 11.6 Å². The van der Waals surface area contributed by atoms with E-state index in [1.165, 1.54) is 16.6 Å². The lowest BCUT2D eigenvalue weighted by Gasteiger charge is -2.34. The van der Waals surface area contributed by atoms with Gasteiger partial charge in [-0.15, -0.1) is 11.3 Å². The zero-order valence-electron chi connectivity index (χ0n) is 11.6. The molecule has 1 aliphatic rings. The summed E-state index contributed by atoms with van der Waals surface area (Å²) >= 11 is 1.78. The van der Waals surface area contributed by atoms with Crippen LogP contribution in [0, 0.1) is 5.82 Å². The summed E-state index contributed by atoms with van der Waals surface area (Å²) in [4.78, 5) is 11.7. The molecule has 1 aliphatic heterocycles. The van der Waals surface area contributed by atoms with Crippen molar-refractivity contribution in [2.45, 2.75) is 26.3 Å². The second kappa shape index (κ2) is 5.36. The van der Waals surface area contributed by atoms with Crippen LogP contribution in [0.25, 0.3) is 0 Å². The molecular formula is C14H17FN4S. The van der Waals surface area contributed by atoms with Crippen LogP contribution < -0.4 is 10.2 Å². The average Bonchev–Trinajstić information content (AvgIpc) is 2.91. The Kier molecular flexibility index (Phi) is 3.56. The van der Waals surface area contributed by atoms with Crippen molar-refractivity contribution in [1.29, 1.82) is 0 Å². The maximum Gasteiger partial charge on any atom is 0.224 e. The van der Waals surface area contributed by atoms with E-state index in [2.05, 4.69) is 33.7 Å². The second-order valence-electron chi connectivity index (χ2n) is 4.81. The fourth-order valence-electron chi connectivity index (χ4n) is 2.60. The molecule has 3 heterocycles. The molecule has 0 bridgehead atoms. The van der Waals surface area contributed by atoms with Gasteiger partial charge in [0.1, 0.15) is 0 Å². The van der Waals surface area contributed by atoms with Gasteiger partial charge in [-0.2, -0.15) is 4.98 Å². The van der Waals surface area contributed by atoms with Gasteiger partial charge in [0.2, 0.25) is 5.95 Å². The molecule has 6 heteroatoms. The SMILES string of the molecule is CCNc1ncc(F)c(N2CCc3sccc3C2C)n1. The number of nitrogens with one attached hydrogen (secondary N) is 1. The van der Waals surface area contributed by atoms with Gasteiger partial charge in [-0.1, -0.05) is 0 Å². The number of thiophene rings is 1.